The third-order valence-corrected chi connectivity index (χ3v) is 5.76. The molecule has 27 heavy (non-hydrogen) atoms. The fourth-order valence-electron chi connectivity index (χ4n) is 4.19. The van der Waals surface area contributed by atoms with Crippen molar-refractivity contribution in [1.82, 2.24) is 19.4 Å². The van der Waals surface area contributed by atoms with E-state index in [9.17, 15) is 9.59 Å². The Balaban J connectivity index is 1.67. The summed E-state index contributed by atoms with van der Waals surface area (Å²) < 4.78 is 1.62. The van der Waals surface area contributed by atoms with Crippen LogP contribution in [-0.2, 0) is 17.9 Å². The van der Waals surface area contributed by atoms with Gasteiger partial charge in [-0.15, -0.1) is 0 Å². The van der Waals surface area contributed by atoms with Gasteiger partial charge in [0.1, 0.15) is 12.4 Å². The number of para-hydroxylation sites is 1. The second-order valence-electron chi connectivity index (χ2n) is 7.71. The molecule has 0 bridgehead atoms. The Morgan fingerprint density at radius 1 is 0.926 bits per heavy atom. The Kier molecular flexibility index (Phi) is 5.53. The van der Waals surface area contributed by atoms with E-state index in [0.29, 0.717) is 17.8 Å². The summed E-state index contributed by atoms with van der Waals surface area (Å²) in [6.45, 7) is 4.39. The Morgan fingerprint density at radius 3 is 2.33 bits per heavy atom. The summed E-state index contributed by atoms with van der Waals surface area (Å²) in [5.41, 5.74) is 0.620. The minimum absolute atomic E-state index is 0.0359. The van der Waals surface area contributed by atoms with Gasteiger partial charge in [-0.3, -0.25) is 19.1 Å². The lowest BCUT2D eigenvalue weighted by Crippen LogP contribution is -2.41. The van der Waals surface area contributed by atoms with Crippen molar-refractivity contribution in [3.05, 3.63) is 40.4 Å². The molecule has 0 N–H and O–H groups in total. The molecule has 0 saturated carbocycles. The molecular formula is C21H28N4O2. The summed E-state index contributed by atoms with van der Waals surface area (Å²) in [7, 11) is 0. The Hall–Kier alpha value is -2.21. The van der Waals surface area contributed by atoms with E-state index in [2.05, 4.69) is 4.90 Å². The van der Waals surface area contributed by atoms with Gasteiger partial charge in [0.15, 0.2) is 0 Å². The minimum atomic E-state index is -0.0991. The number of amides is 1. The van der Waals surface area contributed by atoms with Crippen LogP contribution in [0.3, 0.4) is 0 Å². The maximum Gasteiger partial charge on any atom is 0.261 e. The van der Waals surface area contributed by atoms with Gasteiger partial charge >= 0.3 is 0 Å². The number of rotatable bonds is 4. The smallest absolute Gasteiger partial charge is 0.261 e. The first-order valence-corrected chi connectivity index (χ1v) is 10.2. The van der Waals surface area contributed by atoms with Crippen molar-refractivity contribution < 1.29 is 4.79 Å². The van der Waals surface area contributed by atoms with E-state index in [4.69, 9.17) is 4.98 Å². The van der Waals surface area contributed by atoms with Crippen LogP contribution in [0.15, 0.2) is 29.1 Å². The number of nitrogens with zero attached hydrogens (tertiary/aromatic N) is 4. The van der Waals surface area contributed by atoms with E-state index in [1.54, 1.807) is 10.6 Å². The van der Waals surface area contributed by atoms with Crippen molar-refractivity contribution in [2.75, 3.05) is 26.2 Å². The number of hydrogen-bond acceptors (Lipinski definition) is 4. The van der Waals surface area contributed by atoms with Gasteiger partial charge in [-0.2, -0.15) is 0 Å². The maximum atomic E-state index is 13.1. The summed E-state index contributed by atoms with van der Waals surface area (Å²) in [6.07, 6.45) is 6.92. The number of piperidine rings is 2. The number of hydrogen-bond donors (Lipinski definition) is 0. The molecule has 2 aliphatic heterocycles. The average Bonchev–Trinajstić information content (AvgIpc) is 2.72. The van der Waals surface area contributed by atoms with Gasteiger partial charge in [0.25, 0.3) is 5.56 Å². The first kappa shape index (κ1) is 18.2. The van der Waals surface area contributed by atoms with Crippen LogP contribution in [0.2, 0.25) is 0 Å². The predicted octanol–water partition coefficient (Wildman–Crippen LogP) is 2.39. The first-order chi connectivity index (χ1) is 13.2. The molecule has 0 spiro atoms. The summed E-state index contributed by atoms with van der Waals surface area (Å²) in [5, 5.41) is 0.589. The normalized spacial score (nSPS) is 18.7. The van der Waals surface area contributed by atoms with E-state index in [1.807, 2.05) is 23.1 Å². The second kappa shape index (κ2) is 8.21. The van der Waals surface area contributed by atoms with Crippen molar-refractivity contribution in [2.24, 2.45) is 0 Å². The summed E-state index contributed by atoms with van der Waals surface area (Å²) in [5.74, 6) is 0.750. The molecule has 4 rings (SSSR count). The lowest BCUT2D eigenvalue weighted by atomic mass is 10.1. The standard InChI is InChI=1S/C21H28N4O2/c26-20(24-13-7-2-8-14-24)16-25-19(15-23-11-5-1-6-12-23)22-18-10-4-3-9-17(18)21(25)27/h3-4,9-10H,1-2,5-8,11-16H2. The number of carbonyl (C=O) groups is 1. The van der Waals surface area contributed by atoms with Crippen LogP contribution in [0.1, 0.15) is 44.3 Å². The summed E-state index contributed by atoms with van der Waals surface area (Å²) >= 11 is 0. The van der Waals surface area contributed by atoms with Gasteiger partial charge in [0.05, 0.1) is 17.4 Å². The van der Waals surface area contributed by atoms with Gasteiger partial charge in [0.2, 0.25) is 5.91 Å². The topological polar surface area (TPSA) is 58.4 Å². The van der Waals surface area contributed by atoms with Crippen LogP contribution >= 0.6 is 0 Å². The second-order valence-corrected chi connectivity index (χ2v) is 7.71. The quantitative estimate of drug-likeness (QED) is 0.831. The van der Waals surface area contributed by atoms with Gasteiger partial charge in [-0.1, -0.05) is 18.6 Å². The Morgan fingerprint density at radius 2 is 1.59 bits per heavy atom. The van der Waals surface area contributed by atoms with E-state index in [1.165, 1.54) is 25.7 Å². The van der Waals surface area contributed by atoms with Crippen molar-refractivity contribution >= 4 is 16.8 Å². The van der Waals surface area contributed by atoms with Gasteiger partial charge in [-0.05, 0) is 57.3 Å². The number of fused-ring (bicyclic) bond motifs is 1. The van der Waals surface area contributed by atoms with Crippen LogP contribution in [-0.4, -0.2) is 51.4 Å². The Labute approximate surface area is 159 Å². The number of aromatic nitrogens is 2. The van der Waals surface area contributed by atoms with Gasteiger partial charge in [0, 0.05) is 13.1 Å². The van der Waals surface area contributed by atoms with Crippen LogP contribution in [0.25, 0.3) is 10.9 Å². The molecule has 1 aromatic carbocycles. The molecule has 6 nitrogen and oxygen atoms in total. The van der Waals surface area contributed by atoms with E-state index >= 15 is 0 Å². The fourth-order valence-corrected chi connectivity index (χ4v) is 4.19. The zero-order valence-corrected chi connectivity index (χ0v) is 15.9. The van der Waals surface area contributed by atoms with E-state index in [-0.39, 0.29) is 18.0 Å². The van der Waals surface area contributed by atoms with Crippen molar-refractivity contribution in [3.8, 4) is 0 Å². The summed E-state index contributed by atoms with van der Waals surface area (Å²) in [6, 6.07) is 7.44. The molecule has 2 fully saturated rings. The first-order valence-electron chi connectivity index (χ1n) is 10.2. The molecule has 1 amide bonds. The van der Waals surface area contributed by atoms with Gasteiger partial charge < -0.3 is 4.90 Å². The highest BCUT2D eigenvalue weighted by Gasteiger charge is 2.21. The highest BCUT2D eigenvalue weighted by Crippen LogP contribution is 2.15. The van der Waals surface area contributed by atoms with Gasteiger partial charge in [-0.25, -0.2) is 4.98 Å². The zero-order valence-electron chi connectivity index (χ0n) is 15.9. The highest BCUT2D eigenvalue weighted by atomic mass is 16.2. The average molecular weight is 368 g/mol. The summed E-state index contributed by atoms with van der Waals surface area (Å²) in [4.78, 5) is 35.0. The monoisotopic (exact) mass is 368 g/mol. The van der Waals surface area contributed by atoms with Crippen molar-refractivity contribution in [2.45, 2.75) is 51.6 Å². The zero-order chi connectivity index (χ0) is 18.6. The Bertz CT molecular complexity index is 864. The van der Waals surface area contributed by atoms with Crippen molar-refractivity contribution in [3.63, 3.8) is 0 Å². The third kappa shape index (κ3) is 4.05. The number of likely N-dealkylation sites (tertiary alicyclic amines) is 2. The minimum Gasteiger partial charge on any atom is -0.341 e. The van der Waals surface area contributed by atoms with Crippen LogP contribution in [0, 0.1) is 0 Å². The lowest BCUT2D eigenvalue weighted by Gasteiger charge is -2.29. The predicted molar refractivity (Wildman–Crippen MR) is 106 cm³/mol. The molecule has 0 aliphatic carbocycles. The third-order valence-electron chi connectivity index (χ3n) is 5.76. The molecule has 2 aliphatic rings. The molecule has 6 heteroatoms. The maximum absolute atomic E-state index is 13.1. The number of carbonyl (C=O) groups excluding carboxylic acids is 1. The molecule has 0 radical (unpaired) electrons. The van der Waals surface area contributed by atoms with E-state index in [0.717, 1.165) is 44.5 Å². The van der Waals surface area contributed by atoms with Crippen LogP contribution in [0.4, 0.5) is 0 Å². The van der Waals surface area contributed by atoms with E-state index < -0.39 is 0 Å². The molecule has 1 aromatic heterocycles. The molecular weight excluding hydrogens is 340 g/mol. The molecule has 0 unspecified atom stereocenters. The largest absolute Gasteiger partial charge is 0.341 e. The highest BCUT2D eigenvalue weighted by molar-refractivity contribution is 5.79. The lowest BCUT2D eigenvalue weighted by molar-refractivity contribution is -0.132. The van der Waals surface area contributed by atoms with Crippen LogP contribution < -0.4 is 5.56 Å². The molecule has 2 aromatic rings. The number of benzene rings is 1. The molecule has 2 saturated heterocycles. The van der Waals surface area contributed by atoms with Crippen molar-refractivity contribution in [1.29, 1.82) is 0 Å². The SMILES string of the molecule is O=C(Cn1c(CN2CCCCC2)nc2ccccc2c1=O)N1CCCCC1. The molecule has 0 atom stereocenters. The molecule has 3 heterocycles. The molecule has 144 valence electrons. The van der Waals surface area contributed by atoms with Crippen LogP contribution in [0.5, 0.6) is 0 Å². The fraction of sp³-hybridized carbons (Fsp3) is 0.571.